The van der Waals surface area contributed by atoms with E-state index in [9.17, 15) is 0 Å². The summed E-state index contributed by atoms with van der Waals surface area (Å²) in [6, 6.07) is 8.37. The van der Waals surface area contributed by atoms with Crippen LogP contribution < -0.4 is 4.74 Å². The molecule has 0 bridgehead atoms. The summed E-state index contributed by atoms with van der Waals surface area (Å²) in [6.45, 7) is 0. The van der Waals surface area contributed by atoms with Crippen molar-refractivity contribution >= 4 is 15.9 Å². The van der Waals surface area contributed by atoms with E-state index < -0.39 is 0 Å². The topological polar surface area (TPSA) is 9.23 Å². The second kappa shape index (κ2) is 11.3. The number of alkyl halides is 1. The number of hydrogen-bond donors (Lipinski definition) is 0. The lowest BCUT2D eigenvalue weighted by molar-refractivity contribution is 0.408. The molecule has 1 rings (SSSR count). The summed E-state index contributed by atoms with van der Waals surface area (Å²) >= 11 is 3.48. The van der Waals surface area contributed by atoms with Gasteiger partial charge in [0.1, 0.15) is 5.75 Å². The van der Waals surface area contributed by atoms with E-state index in [4.69, 9.17) is 4.74 Å². The molecule has 1 nitrogen and oxygen atoms in total. The second-order valence-corrected chi connectivity index (χ2v) is 5.87. The molecule has 0 aliphatic rings. The summed E-state index contributed by atoms with van der Waals surface area (Å²) in [5.41, 5.74) is 1.35. The van der Waals surface area contributed by atoms with Gasteiger partial charge in [-0.15, -0.1) is 0 Å². The van der Waals surface area contributed by atoms with Crippen molar-refractivity contribution in [1.29, 1.82) is 0 Å². The van der Waals surface area contributed by atoms with Crippen molar-refractivity contribution in [2.75, 3.05) is 12.4 Å². The van der Waals surface area contributed by atoms with Crippen molar-refractivity contribution in [3.05, 3.63) is 29.8 Å². The molecule has 19 heavy (non-hydrogen) atoms. The van der Waals surface area contributed by atoms with Crippen LogP contribution in [-0.2, 0) is 6.42 Å². The summed E-state index contributed by atoms with van der Waals surface area (Å²) in [4.78, 5) is 0. The van der Waals surface area contributed by atoms with Crippen molar-refractivity contribution in [3.8, 4) is 5.75 Å². The number of benzene rings is 1. The van der Waals surface area contributed by atoms with E-state index in [1.165, 1.54) is 56.9 Å². The minimum Gasteiger partial charge on any atom is -0.496 e. The summed E-state index contributed by atoms with van der Waals surface area (Å²) in [7, 11) is 1.76. The van der Waals surface area contributed by atoms with Gasteiger partial charge in [-0.05, 0) is 30.9 Å². The maximum absolute atomic E-state index is 5.37. The molecular weight excluding hydrogens is 300 g/mol. The van der Waals surface area contributed by atoms with Gasteiger partial charge >= 0.3 is 0 Å². The van der Waals surface area contributed by atoms with Crippen LogP contribution in [0.2, 0.25) is 0 Å². The molecule has 108 valence electrons. The summed E-state index contributed by atoms with van der Waals surface area (Å²) in [5.74, 6) is 1.04. The van der Waals surface area contributed by atoms with Gasteiger partial charge in [-0.2, -0.15) is 0 Å². The highest BCUT2D eigenvalue weighted by Crippen LogP contribution is 2.20. The lowest BCUT2D eigenvalue weighted by atomic mass is 10.0. The number of aryl methyl sites for hydroxylation is 1. The number of methoxy groups -OCH3 is 1. The Balaban J connectivity index is 2.01. The van der Waals surface area contributed by atoms with Crippen molar-refractivity contribution in [2.45, 2.75) is 57.8 Å². The number of hydrogen-bond acceptors (Lipinski definition) is 1. The molecule has 1 aromatic rings. The zero-order valence-corrected chi connectivity index (χ0v) is 13.8. The van der Waals surface area contributed by atoms with Crippen molar-refractivity contribution in [2.24, 2.45) is 0 Å². The van der Waals surface area contributed by atoms with Crippen molar-refractivity contribution < 1.29 is 4.74 Å². The number of para-hydroxylation sites is 1. The lowest BCUT2D eigenvalue weighted by Gasteiger charge is -2.07. The second-order valence-electron chi connectivity index (χ2n) is 5.08. The van der Waals surface area contributed by atoms with Crippen molar-refractivity contribution in [3.63, 3.8) is 0 Å². The monoisotopic (exact) mass is 326 g/mol. The molecule has 0 saturated heterocycles. The molecule has 0 unspecified atom stereocenters. The quantitative estimate of drug-likeness (QED) is 0.371. The van der Waals surface area contributed by atoms with Crippen LogP contribution in [0.15, 0.2) is 24.3 Å². The first-order valence-corrected chi connectivity index (χ1v) is 8.68. The first-order valence-electron chi connectivity index (χ1n) is 7.56. The summed E-state index contributed by atoms with van der Waals surface area (Å²) in [6.07, 6.45) is 12.1. The Labute approximate surface area is 126 Å². The van der Waals surface area contributed by atoms with Crippen LogP contribution in [0, 0.1) is 0 Å². The number of rotatable bonds is 11. The molecule has 0 heterocycles. The molecule has 0 amide bonds. The van der Waals surface area contributed by atoms with Crippen LogP contribution in [0.5, 0.6) is 5.75 Å². The Morgan fingerprint density at radius 3 is 2.05 bits per heavy atom. The van der Waals surface area contributed by atoms with Gasteiger partial charge in [0.2, 0.25) is 0 Å². The van der Waals surface area contributed by atoms with Gasteiger partial charge in [-0.1, -0.05) is 72.7 Å². The Morgan fingerprint density at radius 1 is 0.842 bits per heavy atom. The number of ether oxygens (including phenoxy) is 1. The minimum absolute atomic E-state index is 1.04. The fourth-order valence-corrected chi connectivity index (χ4v) is 2.78. The van der Waals surface area contributed by atoms with Crippen molar-refractivity contribution in [1.82, 2.24) is 0 Å². The molecule has 0 radical (unpaired) electrons. The first-order chi connectivity index (χ1) is 9.38. The predicted octanol–water partition coefficient (Wildman–Crippen LogP) is 5.75. The van der Waals surface area contributed by atoms with Crippen LogP contribution in [0.4, 0.5) is 0 Å². The van der Waals surface area contributed by atoms with Crippen LogP contribution in [0.3, 0.4) is 0 Å². The standard InChI is InChI=1S/C17H27BrO/c1-19-17-14-10-9-13-16(17)12-8-6-4-2-3-5-7-11-15-18/h9-10,13-14H,2-8,11-12,15H2,1H3. The molecule has 2 heteroatoms. The molecule has 0 aliphatic heterocycles. The van der Waals surface area contributed by atoms with Crippen LogP contribution >= 0.6 is 15.9 Å². The van der Waals surface area contributed by atoms with Gasteiger partial charge in [0.25, 0.3) is 0 Å². The largest absolute Gasteiger partial charge is 0.496 e. The van der Waals surface area contributed by atoms with Crippen LogP contribution in [0.1, 0.15) is 56.9 Å². The minimum atomic E-state index is 1.04. The molecule has 0 atom stereocenters. The smallest absolute Gasteiger partial charge is 0.122 e. The van der Waals surface area contributed by atoms with Gasteiger partial charge in [-0.3, -0.25) is 0 Å². The Bertz CT molecular complexity index is 325. The maximum atomic E-state index is 5.37. The van der Waals surface area contributed by atoms with Crippen LogP contribution in [0.25, 0.3) is 0 Å². The number of halogens is 1. The fraction of sp³-hybridized carbons (Fsp3) is 0.647. The highest BCUT2D eigenvalue weighted by Gasteiger charge is 2.00. The Morgan fingerprint density at radius 2 is 1.42 bits per heavy atom. The zero-order chi connectivity index (χ0) is 13.8. The highest BCUT2D eigenvalue weighted by molar-refractivity contribution is 9.09. The SMILES string of the molecule is COc1ccccc1CCCCCCCCCCBr. The normalized spacial score (nSPS) is 10.6. The summed E-state index contributed by atoms with van der Waals surface area (Å²) in [5, 5.41) is 1.16. The highest BCUT2D eigenvalue weighted by atomic mass is 79.9. The third-order valence-electron chi connectivity index (χ3n) is 3.52. The van der Waals surface area contributed by atoms with E-state index in [0.29, 0.717) is 0 Å². The molecule has 0 aromatic heterocycles. The average molecular weight is 327 g/mol. The third-order valence-corrected chi connectivity index (χ3v) is 4.08. The molecule has 0 N–H and O–H groups in total. The maximum Gasteiger partial charge on any atom is 0.122 e. The van der Waals surface area contributed by atoms with Gasteiger partial charge in [-0.25, -0.2) is 0 Å². The fourth-order valence-electron chi connectivity index (χ4n) is 2.38. The molecule has 0 saturated carbocycles. The van der Waals surface area contributed by atoms with Gasteiger partial charge < -0.3 is 4.74 Å². The van der Waals surface area contributed by atoms with E-state index in [1.54, 1.807) is 7.11 Å². The number of unbranched alkanes of at least 4 members (excludes halogenated alkanes) is 7. The Hall–Kier alpha value is -0.500. The van der Waals surface area contributed by atoms with E-state index in [-0.39, 0.29) is 0 Å². The zero-order valence-electron chi connectivity index (χ0n) is 12.2. The molecule has 0 spiro atoms. The third kappa shape index (κ3) is 7.61. The summed E-state index contributed by atoms with van der Waals surface area (Å²) < 4.78 is 5.37. The first kappa shape index (κ1) is 16.6. The van der Waals surface area contributed by atoms with E-state index >= 15 is 0 Å². The van der Waals surface area contributed by atoms with E-state index in [1.807, 2.05) is 6.07 Å². The lowest BCUT2D eigenvalue weighted by Crippen LogP contribution is -1.92. The van der Waals surface area contributed by atoms with Gasteiger partial charge in [0.05, 0.1) is 7.11 Å². The van der Waals surface area contributed by atoms with E-state index in [0.717, 1.165) is 17.5 Å². The molecular formula is C17H27BrO. The Kier molecular flexibility index (Phi) is 9.88. The molecule has 0 aliphatic carbocycles. The predicted molar refractivity (Wildman–Crippen MR) is 87.4 cm³/mol. The molecule has 1 aromatic carbocycles. The van der Waals surface area contributed by atoms with Gasteiger partial charge in [0.15, 0.2) is 0 Å². The van der Waals surface area contributed by atoms with Gasteiger partial charge in [0, 0.05) is 5.33 Å². The molecule has 0 fully saturated rings. The average Bonchev–Trinajstić information content (AvgIpc) is 2.46. The van der Waals surface area contributed by atoms with Crippen LogP contribution in [-0.4, -0.2) is 12.4 Å². The van der Waals surface area contributed by atoms with E-state index in [2.05, 4.69) is 34.1 Å².